The summed E-state index contributed by atoms with van der Waals surface area (Å²) in [6.07, 6.45) is -1.54. The number of carboxylic acids is 1. The van der Waals surface area contributed by atoms with Gasteiger partial charge in [-0.25, -0.2) is 18.2 Å². The number of nitrogens with one attached hydrogen (secondary N) is 1. The smallest absolute Gasteiger partial charge is 0.489 e. The topological polar surface area (TPSA) is 106 Å². The number of aliphatic carboxylic acids is 1. The Morgan fingerprint density at radius 1 is 1.33 bits per heavy atom. The van der Waals surface area contributed by atoms with Gasteiger partial charge in [-0.3, -0.25) is 0 Å². The van der Waals surface area contributed by atoms with Crippen LogP contribution in [-0.4, -0.2) is 49.8 Å². The number of nitrogens with zero attached hydrogens (tertiary/aromatic N) is 1. The number of rotatable bonds is 5. The van der Waals surface area contributed by atoms with E-state index in [0.29, 0.717) is 15.8 Å². The lowest BCUT2D eigenvalue weighted by atomic mass is 10.1. The van der Waals surface area contributed by atoms with E-state index in [4.69, 9.17) is 26.2 Å². The highest BCUT2D eigenvalue weighted by molar-refractivity contribution is 7.90. The fourth-order valence-electron chi connectivity index (χ4n) is 2.43. The molecule has 0 bridgehead atoms. The first-order valence-electron chi connectivity index (χ1n) is 8.57. The maximum atomic E-state index is 12.4. The summed E-state index contributed by atoms with van der Waals surface area (Å²) in [6, 6.07) is 4.64. The summed E-state index contributed by atoms with van der Waals surface area (Å²) in [4.78, 5) is 13.1. The Hall–Kier alpha value is -1.89. The van der Waals surface area contributed by atoms with Gasteiger partial charge in [0.15, 0.2) is 9.84 Å². The highest BCUT2D eigenvalue weighted by Gasteiger charge is 2.38. The molecule has 1 aliphatic rings. The molecule has 2 heterocycles. The predicted molar refractivity (Wildman–Crippen MR) is 105 cm³/mol. The van der Waals surface area contributed by atoms with Crippen LogP contribution in [0.5, 0.6) is 5.75 Å². The lowest BCUT2D eigenvalue weighted by molar-refractivity contribution is -0.192. The minimum absolute atomic E-state index is 0.116. The largest absolute Gasteiger partial charge is 0.490 e. The number of benzene rings is 1. The molecule has 1 saturated heterocycles. The number of alkyl halides is 3. The summed E-state index contributed by atoms with van der Waals surface area (Å²) in [5, 5.41) is 13.0. The van der Waals surface area contributed by atoms with Crippen molar-refractivity contribution in [2.45, 2.75) is 35.8 Å². The number of ether oxygens (including phenoxy) is 1. The van der Waals surface area contributed by atoms with Crippen LogP contribution >= 0.6 is 22.9 Å². The van der Waals surface area contributed by atoms with Crippen LogP contribution in [0.1, 0.15) is 17.8 Å². The molecule has 166 valence electrons. The maximum absolute atomic E-state index is 12.4. The van der Waals surface area contributed by atoms with Gasteiger partial charge in [0.05, 0.1) is 9.92 Å². The quantitative estimate of drug-likeness (QED) is 0.666. The first-order chi connectivity index (χ1) is 14.0. The molecule has 0 radical (unpaired) electrons. The molecule has 1 aliphatic heterocycles. The van der Waals surface area contributed by atoms with E-state index in [0.717, 1.165) is 25.9 Å². The molecule has 1 aromatic heterocycles. The molecule has 2 aromatic rings. The van der Waals surface area contributed by atoms with Gasteiger partial charge in [0, 0.05) is 11.6 Å². The second-order valence-corrected chi connectivity index (χ2v) is 9.52. The SMILES string of the molecule is O=C(O)C(F)(F)F.O=S(=O)(Cc1nccs1)c1ccc(OC2CCNCC2)c(Cl)c1. The number of thiazole rings is 1. The Morgan fingerprint density at radius 3 is 2.47 bits per heavy atom. The molecule has 0 amide bonds. The van der Waals surface area contributed by atoms with Gasteiger partial charge in [0.1, 0.15) is 22.6 Å². The second kappa shape index (κ2) is 10.4. The summed E-state index contributed by atoms with van der Waals surface area (Å²) in [7, 11) is -3.46. The lowest BCUT2D eigenvalue weighted by Gasteiger charge is -2.24. The average Bonchev–Trinajstić information content (AvgIpc) is 3.16. The molecule has 0 atom stereocenters. The molecule has 13 heteroatoms. The lowest BCUT2D eigenvalue weighted by Crippen LogP contribution is -2.34. The number of halogens is 4. The second-order valence-electron chi connectivity index (χ2n) is 6.15. The number of hydrogen-bond donors (Lipinski definition) is 2. The van der Waals surface area contributed by atoms with E-state index >= 15 is 0 Å². The minimum atomic E-state index is -5.08. The average molecular weight is 487 g/mol. The van der Waals surface area contributed by atoms with Gasteiger partial charge >= 0.3 is 12.1 Å². The van der Waals surface area contributed by atoms with Crippen molar-refractivity contribution in [2.75, 3.05) is 13.1 Å². The minimum Gasteiger partial charge on any atom is -0.489 e. The van der Waals surface area contributed by atoms with Crippen molar-refractivity contribution in [3.05, 3.63) is 39.8 Å². The van der Waals surface area contributed by atoms with Gasteiger partial charge in [-0.2, -0.15) is 13.2 Å². The molecule has 0 unspecified atom stereocenters. The Bertz CT molecular complexity index is 947. The zero-order chi connectivity index (χ0) is 22.4. The van der Waals surface area contributed by atoms with Gasteiger partial charge in [-0.1, -0.05) is 11.6 Å². The van der Waals surface area contributed by atoms with Crippen LogP contribution in [0.25, 0.3) is 0 Å². The fraction of sp³-hybridized carbons (Fsp3) is 0.412. The summed E-state index contributed by atoms with van der Waals surface area (Å²) < 4.78 is 62.4. The van der Waals surface area contributed by atoms with Crippen LogP contribution in [-0.2, 0) is 20.4 Å². The van der Waals surface area contributed by atoms with Crippen molar-refractivity contribution < 1.29 is 36.2 Å². The standard InChI is InChI=1S/C15H17ClN2O3S2.C2HF3O2/c16-13-9-12(23(19,20)10-15-18-7-8-22-15)1-2-14(13)21-11-3-5-17-6-4-11;3-2(4,5)1(6)7/h1-2,7-9,11,17H,3-6,10H2;(H,6,7). The highest BCUT2D eigenvalue weighted by atomic mass is 35.5. The number of piperidine rings is 1. The van der Waals surface area contributed by atoms with Crippen molar-refractivity contribution in [3.63, 3.8) is 0 Å². The molecular weight excluding hydrogens is 469 g/mol. The van der Waals surface area contributed by atoms with E-state index < -0.39 is 22.0 Å². The molecule has 0 saturated carbocycles. The first kappa shape index (κ1) is 24.4. The third kappa shape index (κ3) is 7.42. The third-order valence-electron chi connectivity index (χ3n) is 3.88. The number of carbonyl (C=O) groups is 1. The first-order valence-corrected chi connectivity index (χ1v) is 11.5. The van der Waals surface area contributed by atoms with Crippen LogP contribution in [0.4, 0.5) is 13.2 Å². The van der Waals surface area contributed by atoms with Gasteiger partial charge in [0.25, 0.3) is 0 Å². The van der Waals surface area contributed by atoms with Crippen LogP contribution in [0, 0.1) is 0 Å². The molecule has 7 nitrogen and oxygen atoms in total. The van der Waals surface area contributed by atoms with E-state index in [1.807, 2.05) is 0 Å². The summed E-state index contributed by atoms with van der Waals surface area (Å²) in [5.74, 6) is -2.34. The summed E-state index contributed by atoms with van der Waals surface area (Å²) in [6.45, 7) is 1.84. The van der Waals surface area contributed by atoms with Crippen LogP contribution in [0.15, 0.2) is 34.7 Å². The molecular formula is C17H18ClF3N2O5S2. The van der Waals surface area contributed by atoms with Crippen molar-refractivity contribution in [2.24, 2.45) is 0 Å². The van der Waals surface area contributed by atoms with Gasteiger partial charge in [0.2, 0.25) is 0 Å². The maximum Gasteiger partial charge on any atom is 0.490 e. The molecule has 1 fully saturated rings. The normalized spacial score (nSPS) is 15.2. The number of sulfone groups is 1. The van der Waals surface area contributed by atoms with Gasteiger partial charge in [-0.15, -0.1) is 11.3 Å². The Morgan fingerprint density at radius 2 is 1.97 bits per heavy atom. The Kier molecular flexibility index (Phi) is 8.47. The van der Waals surface area contributed by atoms with Crippen molar-refractivity contribution in [1.82, 2.24) is 10.3 Å². The van der Waals surface area contributed by atoms with Gasteiger partial charge in [-0.05, 0) is 44.1 Å². The van der Waals surface area contributed by atoms with Crippen LogP contribution in [0.2, 0.25) is 5.02 Å². The third-order valence-corrected chi connectivity index (χ3v) is 6.77. The summed E-state index contributed by atoms with van der Waals surface area (Å²) in [5.41, 5.74) is 0. The molecule has 0 spiro atoms. The predicted octanol–water partition coefficient (Wildman–Crippen LogP) is 3.53. The zero-order valence-electron chi connectivity index (χ0n) is 15.4. The van der Waals surface area contributed by atoms with E-state index in [1.165, 1.54) is 17.4 Å². The fourth-order valence-corrected chi connectivity index (χ4v) is 5.00. The monoisotopic (exact) mass is 486 g/mol. The Labute approximate surface area is 179 Å². The van der Waals surface area contributed by atoms with E-state index in [2.05, 4.69) is 10.3 Å². The molecule has 3 rings (SSSR count). The zero-order valence-corrected chi connectivity index (χ0v) is 17.7. The summed E-state index contributed by atoms with van der Waals surface area (Å²) >= 11 is 7.54. The Balaban J connectivity index is 0.000000396. The highest BCUT2D eigenvalue weighted by Crippen LogP contribution is 2.30. The van der Waals surface area contributed by atoms with Crippen LogP contribution < -0.4 is 10.1 Å². The van der Waals surface area contributed by atoms with Gasteiger partial charge < -0.3 is 15.2 Å². The van der Waals surface area contributed by atoms with Crippen molar-refractivity contribution in [3.8, 4) is 5.75 Å². The van der Waals surface area contributed by atoms with E-state index in [1.54, 1.807) is 23.7 Å². The number of carboxylic acid groups (broad SMARTS) is 1. The van der Waals surface area contributed by atoms with Crippen LogP contribution in [0.3, 0.4) is 0 Å². The van der Waals surface area contributed by atoms with Crippen molar-refractivity contribution >= 4 is 38.7 Å². The van der Waals surface area contributed by atoms with Crippen molar-refractivity contribution in [1.29, 1.82) is 0 Å². The number of hydrogen-bond acceptors (Lipinski definition) is 7. The molecule has 30 heavy (non-hydrogen) atoms. The van der Waals surface area contributed by atoms with E-state index in [9.17, 15) is 21.6 Å². The van der Waals surface area contributed by atoms with E-state index in [-0.39, 0.29) is 16.8 Å². The molecule has 0 aliphatic carbocycles. The number of aromatic nitrogens is 1. The molecule has 2 N–H and O–H groups in total. The molecule has 1 aromatic carbocycles.